The fourth-order valence-electron chi connectivity index (χ4n) is 1.44. The number of hydrogen-bond donors (Lipinski definition) is 2. The van der Waals surface area contributed by atoms with Crippen molar-refractivity contribution in [1.82, 2.24) is 5.32 Å². The van der Waals surface area contributed by atoms with Crippen LogP contribution in [0.15, 0.2) is 18.2 Å². The molecular formula is C13H16ClNO4. The number of rotatable bonds is 6. The molecule has 0 radical (unpaired) electrons. The van der Waals surface area contributed by atoms with Crippen LogP contribution in [0.1, 0.15) is 18.9 Å². The van der Waals surface area contributed by atoms with Gasteiger partial charge in [0.1, 0.15) is 11.8 Å². The van der Waals surface area contributed by atoms with E-state index in [4.69, 9.17) is 21.4 Å². The SMILES string of the molecule is CC[C@@H](NC(=O)COc1cc(C)ccc1Cl)C(=O)O. The molecule has 1 rings (SSSR count). The molecule has 0 saturated heterocycles. The molecule has 0 aliphatic rings. The Hall–Kier alpha value is -1.75. The van der Waals surface area contributed by atoms with Gasteiger partial charge in [-0.25, -0.2) is 4.79 Å². The summed E-state index contributed by atoms with van der Waals surface area (Å²) in [6, 6.07) is 4.32. The first kappa shape index (κ1) is 15.3. The van der Waals surface area contributed by atoms with E-state index in [1.54, 1.807) is 19.1 Å². The van der Waals surface area contributed by atoms with Crippen molar-refractivity contribution in [2.24, 2.45) is 0 Å². The highest BCUT2D eigenvalue weighted by Gasteiger charge is 2.17. The topological polar surface area (TPSA) is 75.6 Å². The van der Waals surface area contributed by atoms with E-state index in [-0.39, 0.29) is 6.61 Å². The summed E-state index contributed by atoms with van der Waals surface area (Å²) in [6.07, 6.45) is 0.312. The number of carbonyl (C=O) groups is 2. The van der Waals surface area contributed by atoms with Gasteiger partial charge in [-0.15, -0.1) is 0 Å². The van der Waals surface area contributed by atoms with Crippen molar-refractivity contribution >= 4 is 23.5 Å². The Labute approximate surface area is 116 Å². The second-order valence-corrected chi connectivity index (χ2v) is 4.50. The van der Waals surface area contributed by atoms with E-state index in [0.717, 1.165) is 5.56 Å². The molecule has 19 heavy (non-hydrogen) atoms. The monoisotopic (exact) mass is 285 g/mol. The fourth-order valence-corrected chi connectivity index (χ4v) is 1.61. The van der Waals surface area contributed by atoms with Gasteiger partial charge in [-0.05, 0) is 31.0 Å². The number of amides is 1. The Bertz CT molecular complexity index is 476. The minimum Gasteiger partial charge on any atom is -0.482 e. The van der Waals surface area contributed by atoms with Gasteiger partial charge in [-0.3, -0.25) is 4.79 Å². The Kier molecular flexibility index (Phi) is 5.63. The summed E-state index contributed by atoms with van der Waals surface area (Å²) in [4.78, 5) is 22.3. The summed E-state index contributed by atoms with van der Waals surface area (Å²) in [5, 5.41) is 11.6. The molecule has 0 aromatic heterocycles. The van der Waals surface area contributed by atoms with Crippen LogP contribution in [0.5, 0.6) is 5.75 Å². The number of ether oxygens (including phenoxy) is 1. The molecular weight excluding hydrogens is 270 g/mol. The van der Waals surface area contributed by atoms with Crippen LogP contribution in [-0.2, 0) is 9.59 Å². The zero-order valence-corrected chi connectivity index (χ0v) is 11.5. The lowest BCUT2D eigenvalue weighted by molar-refractivity contribution is -0.142. The molecule has 0 bridgehead atoms. The molecule has 1 amide bonds. The second kappa shape index (κ2) is 6.99. The van der Waals surface area contributed by atoms with Crippen LogP contribution in [-0.4, -0.2) is 29.6 Å². The van der Waals surface area contributed by atoms with Crippen LogP contribution in [0.2, 0.25) is 5.02 Å². The standard InChI is InChI=1S/C13H16ClNO4/c1-3-10(13(17)18)15-12(16)7-19-11-6-8(2)4-5-9(11)14/h4-6,10H,3,7H2,1-2H3,(H,15,16)(H,17,18)/t10-/m1/s1. The first-order chi connectivity index (χ1) is 8.93. The smallest absolute Gasteiger partial charge is 0.326 e. The van der Waals surface area contributed by atoms with Crippen molar-refractivity contribution in [3.8, 4) is 5.75 Å². The highest BCUT2D eigenvalue weighted by molar-refractivity contribution is 6.32. The lowest BCUT2D eigenvalue weighted by atomic mass is 10.2. The Balaban J connectivity index is 2.54. The van der Waals surface area contributed by atoms with Gasteiger partial charge in [0.05, 0.1) is 5.02 Å². The lowest BCUT2D eigenvalue weighted by Crippen LogP contribution is -2.42. The maximum atomic E-state index is 11.5. The molecule has 1 atom stereocenters. The number of carbonyl (C=O) groups excluding carboxylic acids is 1. The highest BCUT2D eigenvalue weighted by Crippen LogP contribution is 2.24. The van der Waals surface area contributed by atoms with E-state index in [1.807, 2.05) is 13.0 Å². The molecule has 2 N–H and O–H groups in total. The summed E-state index contributed by atoms with van der Waals surface area (Å²) in [5.74, 6) is -1.16. The lowest BCUT2D eigenvalue weighted by Gasteiger charge is -2.13. The summed E-state index contributed by atoms with van der Waals surface area (Å²) in [7, 11) is 0. The van der Waals surface area contributed by atoms with E-state index in [9.17, 15) is 9.59 Å². The van der Waals surface area contributed by atoms with Crippen LogP contribution in [0.4, 0.5) is 0 Å². The molecule has 0 heterocycles. The van der Waals surface area contributed by atoms with E-state index >= 15 is 0 Å². The van der Waals surface area contributed by atoms with Gasteiger partial charge in [-0.1, -0.05) is 24.6 Å². The third-order valence-electron chi connectivity index (χ3n) is 2.49. The second-order valence-electron chi connectivity index (χ2n) is 4.09. The van der Waals surface area contributed by atoms with Gasteiger partial charge in [-0.2, -0.15) is 0 Å². The number of carboxylic acids is 1. The van der Waals surface area contributed by atoms with Gasteiger partial charge in [0.2, 0.25) is 0 Å². The van der Waals surface area contributed by atoms with E-state index < -0.39 is 17.9 Å². The molecule has 0 fully saturated rings. The zero-order chi connectivity index (χ0) is 14.4. The normalized spacial score (nSPS) is 11.7. The summed E-state index contributed by atoms with van der Waals surface area (Å²) < 4.78 is 5.27. The maximum absolute atomic E-state index is 11.5. The Morgan fingerprint density at radius 3 is 2.74 bits per heavy atom. The Morgan fingerprint density at radius 2 is 2.16 bits per heavy atom. The van der Waals surface area contributed by atoms with Crippen molar-refractivity contribution in [3.63, 3.8) is 0 Å². The molecule has 0 unspecified atom stereocenters. The van der Waals surface area contributed by atoms with Gasteiger partial charge >= 0.3 is 5.97 Å². The van der Waals surface area contributed by atoms with Gasteiger partial charge in [0.25, 0.3) is 5.91 Å². The molecule has 6 heteroatoms. The molecule has 104 valence electrons. The van der Waals surface area contributed by atoms with Crippen LogP contribution in [0.3, 0.4) is 0 Å². The number of carboxylic acid groups (broad SMARTS) is 1. The number of benzene rings is 1. The average Bonchev–Trinajstić information content (AvgIpc) is 2.36. The predicted octanol–water partition coefficient (Wildman–Crippen LogP) is 2.01. The first-order valence-electron chi connectivity index (χ1n) is 5.85. The van der Waals surface area contributed by atoms with Gasteiger partial charge in [0, 0.05) is 0 Å². The molecule has 0 spiro atoms. The third kappa shape index (κ3) is 4.79. The van der Waals surface area contributed by atoms with Gasteiger partial charge < -0.3 is 15.2 Å². The molecule has 1 aromatic carbocycles. The minimum atomic E-state index is -1.07. The van der Waals surface area contributed by atoms with E-state index in [2.05, 4.69) is 5.32 Å². The van der Waals surface area contributed by atoms with Crippen LogP contribution in [0.25, 0.3) is 0 Å². The first-order valence-corrected chi connectivity index (χ1v) is 6.23. The summed E-state index contributed by atoms with van der Waals surface area (Å²) >= 11 is 5.91. The molecule has 1 aromatic rings. The van der Waals surface area contributed by atoms with Crippen molar-refractivity contribution in [3.05, 3.63) is 28.8 Å². The quantitative estimate of drug-likeness (QED) is 0.838. The summed E-state index contributed by atoms with van der Waals surface area (Å²) in [6.45, 7) is 3.28. The third-order valence-corrected chi connectivity index (χ3v) is 2.80. The number of hydrogen-bond acceptors (Lipinski definition) is 3. The summed E-state index contributed by atoms with van der Waals surface area (Å²) in [5.41, 5.74) is 0.955. The minimum absolute atomic E-state index is 0.271. The molecule has 0 saturated carbocycles. The average molecular weight is 286 g/mol. The maximum Gasteiger partial charge on any atom is 0.326 e. The van der Waals surface area contributed by atoms with Crippen molar-refractivity contribution < 1.29 is 19.4 Å². The highest BCUT2D eigenvalue weighted by atomic mass is 35.5. The van der Waals surface area contributed by atoms with E-state index in [0.29, 0.717) is 17.2 Å². The van der Waals surface area contributed by atoms with Crippen LogP contribution >= 0.6 is 11.6 Å². The van der Waals surface area contributed by atoms with Crippen molar-refractivity contribution in [1.29, 1.82) is 0 Å². The number of aliphatic carboxylic acids is 1. The zero-order valence-electron chi connectivity index (χ0n) is 10.8. The van der Waals surface area contributed by atoms with Crippen molar-refractivity contribution in [2.75, 3.05) is 6.61 Å². The molecule has 0 aliphatic carbocycles. The number of halogens is 1. The molecule has 5 nitrogen and oxygen atoms in total. The number of nitrogens with one attached hydrogen (secondary N) is 1. The van der Waals surface area contributed by atoms with E-state index in [1.165, 1.54) is 0 Å². The van der Waals surface area contributed by atoms with Gasteiger partial charge in [0.15, 0.2) is 6.61 Å². The Morgan fingerprint density at radius 1 is 1.47 bits per heavy atom. The van der Waals surface area contributed by atoms with Crippen molar-refractivity contribution in [2.45, 2.75) is 26.3 Å². The largest absolute Gasteiger partial charge is 0.482 e. The fraction of sp³-hybridized carbons (Fsp3) is 0.385. The molecule has 0 aliphatic heterocycles. The van der Waals surface area contributed by atoms with Crippen LogP contribution in [0, 0.1) is 6.92 Å². The van der Waals surface area contributed by atoms with Crippen LogP contribution < -0.4 is 10.1 Å². The number of aryl methyl sites for hydroxylation is 1. The predicted molar refractivity (Wildman–Crippen MR) is 71.5 cm³/mol.